The van der Waals surface area contributed by atoms with Gasteiger partial charge in [0.15, 0.2) is 0 Å². The third kappa shape index (κ3) is 2.90. The van der Waals surface area contributed by atoms with Crippen LogP contribution in [0.15, 0.2) is 66.9 Å². The first kappa shape index (κ1) is 19.0. The largest absolute Gasteiger partial charge is 0.369 e. The summed E-state index contributed by atoms with van der Waals surface area (Å²) in [6.07, 6.45) is 2.90. The summed E-state index contributed by atoms with van der Waals surface area (Å²) in [5.41, 5.74) is 5.43. The van der Waals surface area contributed by atoms with Crippen LogP contribution in [0.4, 0.5) is 15.8 Å². The van der Waals surface area contributed by atoms with Gasteiger partial charge in [0.1, 0.15) is 11.5 Å². The molecule has 32 heavy (non-hydrogen) atoms. The number of rotatable bonds is 2. The molecule has 1 spiro atoms. The average Bonchev–Trinajstić information content (AvgIpc) is 3.50. The van der Waals surface area contributed by atoms with Gasteiger partial charge in [0.2, 0.25) is 0 Å². The summed E-state index contributed by atoms with van der Waals surface area (Å²) < 4.78 is 13.6. The maximum atomic E-state index is 13.6. The Labute approximate surface area is 185 Å². The number of aryl methyl sites for hydroxylation is 1. The number of pyridine rings is 1. The predicted molar refractivity (Wildman–Crippen MR) is 124 cm³/mol. The third-order valence-corrected chi connectivity index (χ3v) is 6.90. The second-order valence-corrected chi connectivity index (χ2v) is 8.93. The molecule has 0 bridgehead atoms. The highest BCUT2D eigenvalue weighted by Crippen LogP contribution is 2.47. The van der Waals surface area contributed by atoms with Gasteiger partial charge in [0, 0.05) is 47.3 Å². The zero-order chi connectivity index (χ0) is 21.9. The minimum absolute atomic E-state index is 0.0821. The molecule has 2 aliphatic heterocycles. The van der Waals surface area contributed by atoms with Crippen molar-refractivity contribution in [1.29, 1.82) is 0 Å². The van der Waals surface area contributed by atoms with Gasteiger partial charge in [-0.15, -0.1) is 0 Å². The van der Waals surface area contributed by atoms with Gasteiger partial charge >= 0.3 is 0 Å². The Morgan fingerprint density at radius 2 is 1.97 bits per heavy atom. The van der Waals surface area contributed by atoms with E-state index in [2.05, 4.69) is 33.1 Å². The maximum Gasteiger partial charge on any atom is 0.274 e. The predicted octanol–water partition coefficient (Wildman–Crippen LogP) is 4.82. The monoisotopic (exact) mass is 426 g/mol. The Hall–Kier alpha value is -3.67. The molecule has 2 aromatic carbocycles. The molecule has 1 fully saturated rings. The van der Waals surface area contributed by atoms with Gasteiger partial charge in [0.05, 0.1) is 11.9 Å². The Kier molecular flexibility index (Phi) is 4.12. The number of halogens is 1. The fourth-order valence-electron chi connectivity index (χ4n) is 5.26. The van der Waals surface area contributed by atoms with E-state index < -0.39 is 0 Å². The standard InChI is InChI=1S/C26H23FN4O/c1-17-6-8-20(14-28-17)30-11-10-26(15-30)16-31(24-5-3-2-4-21(24)26)25(32)23-13-18-12-19(27)7-9-22(18)29-23/h2-9,12-14,29H,10-11,15-16H2,1H3/t26-/m0/s1. The van der Waals surface area contributed by atoms with Gasteiger partial charge in [-0.3, -0.25) is 9.78 Å². The highest BCUT2D eigenvalue weighted by atomic mass is 19.1. The Morgan fingerprint density at radius 3 is 2.81 bits per heavy atom. The molecule has 0 unspecified atom stereocenters. The van der Waals surface area contributed by atoms with Gasteiger partial charge in [-0.2, -0.15) is 0 Å². The summed E-state index contributed by atoms with van der Waals surface area (Å²) in [6.45, 7) is 4.39. The molecule has 4 aromatic rings. The summed E-state index contributed by atoms with van der Waals surface area (Å²) in [7, 11) is 0. The molecular formula is C26H23FN4O. The van der Waals surface area contributed by atoms with E-state index in [1.165, 1.54) is 17.7 Å². The lowest BCUT2D eigenvalue weighted by Crippen LogP contribution is -2.39. The molecule has 0 radical (unpaired) electrons. The minimum atomic E-state index is -0.308. The van der Waals surface area contributed by atoms with Crippen LogP contribution in [0, 0.1) is 12.7 Å². The molecule has 2 aliphatic rings. The van der Waals surface area contributed by atoms with E-state index in [-0.39, 0.29) is 17.1 Å². The Balaban J connectivity index is 1.34. The maximum absolute atomic E-state index is 13.6. The fraction of sp³-hybridized carbons (Fsp3) is 0.231. The van der Waals surface area contributed by atoms with Crippen LogP contribution in [0.3, 0.4) is 0 Å². The normalized spacial score (nSPS) is 19.8. The molecule has 4 heterocycles. The van der Waals surface area contributed by atoms with Crippen molar-refractivity contribution in [3.8, 4) is 0 Å². The van der Waals surface area contributed by atoms with E-state index in [1.807, 2.05) is 36.2 Å². The smallest absolute Gasteiger partial charge is 0.274 e. The molecule has 6 heteroatoms. The van der Waals surface area contributed by atoms with Crippen molar-refractivity contribution in [2.75, 3.05) is 29.4 Å². The van der Waals surface area contributed by atoms with Crippen LogP contribution in [-0.4, -0.2) is 35.5 Å². The number of para-hydroxylation sites is 1. The van der Waals surface area contributed by atoms with E-state index >= 15 is 0 Å². The number of aromatic amines is 1. The van der Waals surface area contributed by atoms with Crippen LogP contribution in [0.25, 0.3) is 10.9 Å². The number of nitrogens with one attached hydrogen (secondary N) is 1. The number of carbonyl (C=O) groups is 1. The molecule has 6 rings (SSSR count). The molecule has 1 amide bonds. The highest BCUT2D eigenvalue weighted by molar-refractivity contribution is 6.09. The van der Waals surface area contributed by atoms with Crippen molar-refractivity contribution in [2.45, 2.75) is 18.8 Å². The summed E-state index contributed by atoms with van der Waals surface area (Å²) >= 11 is 0. The lowest BCUT2D eigenvalue weighted by Gasteiger charge is -2.26. The lowest BCUT2D eigenvalue weighted by molar-refractivity contribution is 0.0981. The van der Waals surface area contributed by atoms with Gasteiger partial charge in [-0.05, 0) is 61.4 Å². The lowest BCUT2D eigenvalue weighted by atomic mass is 9.81. The first-order chi connectivity index (χ1) is 15.5. The van der Waals surface area contributed by atoms with Crippen LogP contribution < -0.4 is 9.80 Å². The van der Waals surface area contributed by atoms with Crippen molar-refractivity contribution in [3.05, 3.63) is 89.6 Å². The second-order valence-electron chi connectivity index (χ2n) is 8.93. The van der Waals surface area contributed by atoms with E-state index in [0.717, 1.165) is 42.1 Å². The molecular weight excluding hydrogens is 403 g/mol. The Morgan fingerprint density at radius 1 is 1.09 bits per heavy atom. The number of hydrogen-bond acceptors (Lipinski definition) is 3. The number of H-pyrrole nitrogens is 1. The second kappa shape index (κ2) is 6.92. The molecule has 1 saturated heterocycles. The van der Waals surface area contributed by atoms with Crippen LogP contribution in [-0.2, 0) is 5.41 Å². The van der Waals surface area contributed by atoms with Crippen LogP contribution in [0.1, 0.15) is 28.2 Å². The number of hydrogen-bond donors (Lipinski definition) is 1. The number of benzene rings is 2. The molecule has 1 N–H and O–H groups in total. The summed E-state index contributed by atoms with van der Waals surface area (Å²) in [4.78, 5) is 25.4. The Bertz CT molecular complexity index is 1350. The molecule has 5 nitrogen and oxygen atoms in total. The van der Waals surface area contributed by atoms with E-state index in [4.69, 9.17) is 0 Å². The zero-order valence-corrected chi connectivity index (χ0v) is 17.8. The number of fused-ring (bicyclic) bond motifs is 3. The van der Waals surface area contributed by atoms with Crippen molar-refractivity contribution in [2.24, 2.45) is 0 Å². The van der Waals surface area contributed by atoms with Gasteiger partial charge in [-0.25, -0.2) is 4.39 Å². The van der Waals surface area contributed by atoms with Crippen molar-refractivity contribution < 1.29 is 9.18 Å². The first-order valence-corrected chi connectivity index (χ1v) is 10.9. The fourth-order valence-corrected chi connectivity index (χ4v) is 5.26. The van der Waals surface area contributed by atoms with Gasteiger partial charge < -0.3 is 14.8 Å². The minimum Gasteiger partial charge on any atom is -0.369 e. The van der Waals surface area contributed by atoms with Gasteiger partial charge in [0.25, 0.3) is 5.91 Å². The highest BCUT2D eigenvalue weighted by Gasteiger charge is 2.49. The number of aromatic nitrogens is 2. The van der Waals surface area contributed by atoms with E-state index in [9.17, 15) is 9.18 Å². The summed E-state index contributed by atoms with van der Waals surface area (Å²) in [5, 5.41) is 0.703. The van der Waals surface area contributed by atoms with Crippen molar-refractivity contribution in [1.82, 2.24) is 9.97 Å². The number of nitrogens with zero attached hydrogens (tertiary/aromatic N) is 3. The van der Waals surface area contributed by atoms with Crippen LogP contribution >= 0.6 is 0 Å². The zero-order valence-electron chi connectivity index (χ0n) is 17.8. The van der Waals surface area contributed by atoms with Crippen LogP contribution in [0.5, 0.6) is 0 Å². The SMILES string of the molecule is Cc1ccc(N2CC[C@]3(C2)CN(C(=O)c2cc4cc(F)ccc4[nH]2)c2ccccc23)cn1. The number of anilines is 2. The van der Waals surface area contributed by atoms with E-state index in [1.54, 1.807) is 12.1 Å². The quantitative estimate of drug-likeness (QED) is 0.500. The first-order valence-electron chi connectivity index (χ1n) is 10.9. The molecule has 0 aliphatic carbocycles. The van der Waals surface area contributed by atoms with E-state index in [0.29, 0.717) is 17.6 Å². The molecule has 1 atom stereocenters. The van der Waals surface area contributed by atoms with Gasteiger partial charge in [-0.1, -0.05) is 18.2 Å². The third-order valence-electron chi connectivity index (χ3n) is 6.90. The summed E-state index contributed by atoms with van der Waals surface area (Å²) in [5.74, 6) is -0.390. The molecule has 0 saturated carbocycles. The van der Waals surface area contributed by atoms with Crippen molar-refractivity contribution in [3.63, 3.8) is 0 Å². The topological polar surface area (TPSA) is 52.2 Å². The van der Waals surface area contributed by atoms with Crippen LogP contribution in [0.2, 0.25) is 0 Å². The average molecular weight is 426 g/mol. The number of amides is 1. The number of carbonyl (C=O) groups excluding carboxylic acids is 1. The summed E-state index contributed by atoms with van der Waals surface area (Å²) in [6, 6.07) is 18.6. The molecule has 2 aromatic heterocycles. The molecule has 160 valence electrons. The van der Waals surface area contributed by atoms with Crippen molar-refractivity contribution >= 4 is 28.2 Å².